The van der Waals surface area contributed by atoms with Gasteiger partial charge in [0.25, 0.3) is 0 Å². The van der Waals surface area contributed by atoms with Crippen LogP contribution in [-0.2, 0) is 13.0 Å². The first-order valence-corrected chi connectivity index (χ1v) is 8.07. The van der Waals surface area contributed by atoms with Gasteiger partial charge in [0.05, 0.1) is 0 Å². The van der Waals surface area contributed by atoms with Crippen molar-refractivity contribution < 1.29 is 0 Å². The van der Waals surface area contributed by atoms with Crippen LogP contribution < -0.4 is 0 Å². The summed E-state index contributed by atoms with van der Waals surface area (Å²) in [7, 11) is 0. The van der Waals surface area contributed by atoms with E-state index in [1.807, 2.05) is 0 Å². The van der Waals surface area contributed by atoms with Crippen molar-refractivity contribution in [2.75, 3.05) is 0 Å². The highest BCUT2D eigenvalue weighted by Crippen LogP contribution is 2.29. The fourth-order valence-corrected chi connectivity index (χ4v) is 3.64. The molecule has 1 aliphatic carbocycles. The fraction of sp³-hybridized carbons (Fsp3) is 0.857. The number of aromatic nitrogens is 3. The quantitative estimate of drug-likeness (QED) is 0.625. The van der Waals surface area contributed by atoms with Crippen LogP contribution in [0.2, 0.25) is 0 Å². The van der Waals surface area contributed by atoms with Crippen LogP contribution in [-0.4, -0.2) is 19.6 Å². The van der Waals surface area contributed by atoms with Crippen molar-refractivity contribution in [1.82, 2.24) is 14.8 Å². The average molecular weight is 314 g/mol. The van der Waals surface area contributed by atoms with Gasteiger partial charge >= 0.3 is 0 Å². The Morgan fingerprint density at radius 2 is 2.17 bits per heavy atom. The first-order chi connectivity index (χ1) is 8.65. The molecule has 1 aliphatic rings. The third-order valence-electron chi connectivity index (χ3n) is 3.67. The minimum Gasteiger partial charge on any atom is -0.250 e. The van der Waals surface area contributed by atoms with Crippen molar-refractivity contribution in [3.8, 4) is 0 Å². The Bertz CT molecular complexity index is 362. The van der Waals surface area contributed by atoms with E-state index >= 15 is 0 Å². The van der Waals surface area contributed by atoms with Gasteiger partial charge < -0.3 is 0 Å². The maximum atomic E-state index is 4.46. The summed E-state index contributed by atoms with van der Waals surface area (Å²) in [6.07, 6.45) is 9.49. The van der Waals surface area contributed by atoms with Crippen molar-refractivity contribution >= 4 is 15.9 Å². The van der Waals surface area contributed by atoms with E-state index in [-0.39, 0.29) is 0 Å². The molecule has 0 radical (unpaired) electrons. The summed E-state index contributed by atoms with van der Waals surface area (Å²) >= 11 is 3.80. The maximum absolute atomic E-state index is 4.46. The third-order valence-corrected chi connectivity index (χ3v) is 4.51. The molecule has 0 bridgehead atoms. The van der Waals surface area contributed by atoms with Crippen LogP contribution in [0, 0.1) is 11.8 Å². The predicted octanol–water partition coefficient (Wildman–Crippen LogP) is 3.82. The first kappa shape index (κ1) is 14.0. The van der Waals surface area contributed by atoms with Gasteiger partial charge in [0, 0.05) is 17.8 Å². The van der Waals surface area contributed by atoms with Crippen molar-refractivity contribution in [3.63, 3.8) is 0 Å². The number of hydrogen-bond acceptors (Lipinski definition) is 2. The fourth-order valence-electron chi connectivity index (χ4n) is 2.78. The van der Waals surface area contributed by atoms with E-state index in [0.717, 1.165) is 18.9 Å². The summed E-state index contributed by atoms with van der Waals surface area (Å²) in [5.41, 5.74) is 0. The van der Waals surface area contributed by atoms with Crippen LogP contribution in [0.3, 0.4) is 0 Å². The molecule has 0 amide bonds. The molecule has 1 heterocycles. The molecular weight excluding hydrogens is 290 g/mol. The Labute approximate surface area is 118 Å². The van der Waals surface area contributed by atoms with Gasteiger partial charge in [-0.25, -0.2) is 9.67 Å². The topological polar surface area (TPSA) is 30.7 Å². The molecule has 1 fully saturated rings. The second-order valence-corrected chi connectivity index (χ2v) is 7.23. The Morgan fingerprint density at radius 3 is 2.94 bits per heavy atom. The van der Waals surface area contributed by atoms with E-state index in [1.165, 1.54) is 37.9 Å². The van der Waals surface area contributed by atoms with Gasteiger partial charge in [-0.3, -0.25) is 0 Å². The molecule has 0 aromatic carbocycles. The van der Waals surface area contributed by atoms with Crippen molar-refractivity contribution in [2.24, 2.45) is 11.8 Å². The molecule has 18 heavy (non-hydrogen) atoms. The lowest BCUT2D eigenvalue weighted by atomic mass is 9.96. The van der Waals surface area contributed by atoms with E-state index in [4.69, 9.17) is 0 Å². The number of nitrogens with zero attached hydrogens (tertiary/aromatic N) is 3. The van der Waals surface area contributed by atoms with Crippen LogP contribution in [0.25, 0.3) is 0 Å². The second-order valence-electron chi connectivity index (χ2n) is 5.94. The Balaban J connectivity index is 1.97. The van der Waals surface area contributed by atoms with E-state index in [9.17, 15) is 0 Å². The number of alkyl halides is 1. The molecule has 0 spiro atoms. The van der Waals surface area contributed by atoms with E-state index < -0.39 is 0 Å². The molecule has 0 saturated heterocycles. The van der Waals surface area contributed by atoms with Gasteiger partial charge in [0.2, 0.25) is 0 Å². The smallest absolute Gasteiger partial charge is 0.138 e. The number of hydrogen-bond donors (Lipinski definition) is 0. The zero-order valence-electron chi connectivity index (χ0n) is 11.5. The highest BCUT2D eigenvalue weighted by Gasteiger charge is 2.20. The summed E-state index contributed by atoms with van der Waals surface area (Å²) in [5, 5.41) is 4.36. The molecule has 2 atom stereocenters. The van der Waals surface area contributed by atoms with Gasteiger partial charge in [-0.15, -0.1) is 0 Å². The van der Waals surface area contributed by atoms with Crippen LogP contribution in [0.15, 0.2) is 6.33 Å². The van der Waals surface area contributed by atoms with Gasteiger partial charge in [0.15, 0.2) is 0 Å². The molecule has 1 saturated carbocycles. The predicted molar refractivity (Wildman–Crippen MR) is 77.9 cm³/mol. The minimum absolute atomic E-state index is 0.628. The molecular formula is C14H24BrN3. The third kappa shape index (κ3) is 4.08. The lowest BCUT2D eigenvalue weighted by Crippen LogP contribution is -2.15. The molecule has 1 aromatic rings. The van der Waals surface area contributed by atoms with Crippen LogP contribution >= 0.6 is 15.9 Å². The van der Waals surface area contributed by atoms with Crippen LogP contribution in [0.1, 0.15) is 51.8 Å². The van der Waals surface area contributed by atoms with Crippen molar-refractivity contribution in [1.29, 1.82) is 0 Å². The summed E-state index contributed by atoms with van der Waals surface area (Å²) < 4.78 is 2.10. The number of halogens is 1. The molecule has 102 valence electrons. The van der Waals surface area contributed by atoms with Crippen LogP contribution in [0.5, 0.6) is 0 Å². The summed E-state index contributed by atoms with van der Waals surface area (Å²) in [5.74, 6) is 2.57. The monoisotopic (exact) mass is 313 g/mol. The zero-order valence-corrected chi connectivity index (χ0v) is 13.1. The lowest BCUT2D eigenvalue weighted by Gasteiger charge is -2.16. The normalized spacial score (nSPS) is 25.3. The Morgan fingerprint density at radius 1 is 1.39 bits per heavy atom. The van der Waals surface area contributed by atoms with Gasteiger partial charge in [-0.1, -0.05) is 42.6 Å². The Hall–Kier alpha value is -0.380. The standard InChI is InChI=1S/C14H24BrN3/c1-11(2)9-18-14(16-10-17-18)8-12-5-3-4-6-13(15)7-12/h10-13H,3-9H2,1-2H3. The molecule has 2 rings (SSSR count). The van der Waals surface area contributed by atoms with E-state index in [2.05, 4.69) is 44.5 Å². The average Bonchev–Trinajstić information content (AvgIpc) is 2.59. The van der Waals surface area contributed by atoms with E-state index in [0.29, 0.717) is 10.7 Å². The molecule has 2 unspecified atom stereocenters. The largest absolute Gasteiger partial charge is 0.250 e. The number of rotatable bonds is 4. The molecule has 1 aromatic heterocycles. The SMILES string of the molecule is CC(C)Cn1ncnc1CC1CCCCC(Br)C1. The van der Waals surface area contributed by atoms with Gasteiger partial charge in [-0.05, 0) is 31.1 Å². The maximum Gasteiger partial charge on any atom is 0.138 e. The summed E-state index contributed by atoms with van der Waals surface area (Å²) in [4.78, 5) is 5.16. The van der Waals surface area contributed by atoms with Gasteiger partial charge in [0.1, 0.15) is 12.2 Å². The van der Waals surface area contributed by atoms with Gasteiger partial charge in [-0.2, -0.15) is 5.10 Å². The lowest BCUT2D eigenvalue weighted by molar-refractivity contribution is 0.414. The zero-order chi connectivity index (χ0) is 13.0. The van der Waals surface area contributed by atoms with Crippen molar-refractivity contribution in [3.05, 3.63) is 12.2 Å². The van der Waals surface area contributed by atoms with Crippen molar-refractivity contribution in [2.45, 2.75) is 63.7 Å². The molecule has 4 heteroatoms. The summed E-state index contributed by atoms with van der Waals surface area (Å²) in [6, 6.07) is 0. The summed E-state index contributed by atoms with van der Waals surface area (Å²) in [6.45, 7) is 5.44. The van der Waals surface area contributed by atoms with Crippen LogP contribution in [0.4, 0.5) is 0 Å². The molecule has 0 aliphatic heterocycles. The highest BCUT2D eigenvalue weighted by atomic mass is 79.9. The first-order valence-electron chi connectivity index (χ1n) is 7.16. The molecule has 3 nitrogen and oxygen atoms in total. The minimum atomic E-state index is 0.628. The molecule has 0 N–H and O–H groups in total. The second kappa shape index (κ2) is 6.69. The van der Waals surface area contributed by atoms with E-state index in [1.54, 1.807) is 6.33 Å². The Kier molecular flexibility index (Phi) is 5.22. The highest BCUT2D eigenvalue weighted by molar-refractivity contribution is 9.09.